The van der Waals surface area contributed by atoms with Crippen LogP contribution in [0, 0.1) is 0 Å². The van der Waals surface area contributed by atoms with Gasteiger partial charge >= 0.3 is 0 Å². The van der Waals surface area contributed by atoms with Gasteiger partial charge in [-0.15, -0.1) is 0 Å². The van der Waals surface area contributed by atoms with Crippen molar-refractivity contribution in [2.45, 2.75) is 50.9 Å². The SMILES string of the molecule is NC1CCCC(N(Cc2ccccn2)Cc2ccccn2)C1. The lowest BCUT2D eigenvalue weighted by Gasteiger charge is -2.36. The molecule has 0 aliphatic heterocycles. The molecule has 22 heavy (non-hydrogen) atoms. The Morgan fingerprint density at radius 2 is 1.59 bits per heavy atom. The summed E-state index contributed by atoms with van der Waals surface area (Å²) in [6.07, 6.45) is 8.37. The molecule has 0 spiro atoms. The molecule has 4 nitrogen and oxygen atoms in total. The van der Waals surface area contributed by atoms with E-state index in [2.05, 4.69) is 27.0 Å². The molecule has 1 aliphatic rings. The van der Waals surface area contributed by atoms with Crippen molar-refractivity contribution < 1.29 is 0 Å². The van der Waals surface area contributed by atoms with Gasteiger partial charge in [0.25, 0.3) is 0 Å². The van der Waals surface area contributed by atoms with E-state index in [0.717, 1.165) is 37.3 Å². The Labute approximate surface area is 132 Å². The van der Waals surface area contributed by atoms with Crippen molar-refractivity contribution in [3.8, 4) is 0 Å². The summed E-state index contributed by atoms with van der Waals surface area (Å²) in [5.41, 5.74) is 8.41. The number of hydrogen-bond acceptors (Lipinski definition) is 4. The highest BCUT2D eigenvalue weighted by atomic mass is 15.2. The lowest BCUT2D eigenvalue weighted by molar-refractivity contribution is 0.128. The van der Waals surface area contributed by atoms with Crippen LogP contribution in [0.1, 0.15) is 37.1 Å². The normalized spacial score (nSPS) is 21.9. The number of nitrogens with two attached hydrogens (primary N) is 1. The molecule has 1 saturated carbocycles. The smallest absolute Gasteiger partial charge is 0.0544 e. The van der Waals surface area contributed by atoms with Gasteiger partial charge in [-0.2, -0.15) is 0 Å². The first-order chi connectivity index (χ1) is 10.8. The van der Waals surface area contributed by atoms with Gasteiger partial charge in [-0.25, -0.2) is 0 Å². The first-order valence-electron chi connectivity index (χ1n) is 8.11. The van der Waals surface area contributed by atoms with E-state index in [1.54, 1.807) is 0 Å². The topological polar surface area (TPSA) is 55.0 Å². The Hall–Kier alpha value is -1.78. The lowest BCUT2D eigenvalue weighted by Crippen LogP contribution is -2.42. The number of pyridine rings is 2. The predicted octanol–water partition coefficient (Wildman–Crippen LogP) is 2.75. The number of hydrogen-bond donors (Lipinski definition) is 1. The molecular formula is C18H24N4. The van der Waals surface area contributed by atoms with Crippen LogP contribution in [0.5, 0.6) is 0 Å². The summed E-state index contributed by atoms with van der Waals surface area (Å²) in [5.74, 6) is 0. The van der Waals surface area contributed by atoms with E-state index in [1.165, 1.54) is 12.8 Å². The van der Waals surface area contributed by atoms with Crippen molar-refractivity contribution in [3.05, 3.63) is 60.2 Å². The van der Waals surface area contributed by atoms with Crippen molar-refractivity contribution in [3.63, 3.8) is 0 Å². The molecule has 2 aromatic rings. The summed E-state index contributed by atoms with van der Waals surface area (Å²) in [5, 5.41) is 0. The Balaban J connectivity index is 1.75. The van der Waals surface area contributed by atoms with Crippen LogP contribution in [0.25, 0.3) is 0 Å². The predicted molar refractivity (Wildman–Crippen MR) is 88.0 cm³/mol. The van der Waals surface area contributed by atoms with Crippen molar-refractivity contribution in [2.75, 3.05) is 0 Å². The molecule has 0 aromatic carbocycles. The lowest BCUT2D eigenvalue weighted by atomic mass is 9.90. The molecule has 116 valence electrons. The summed E-state index contributed by atoms with van der Waals surface area (Å²) >= 11 is 0. The fourth-order valence-corrected chi connectivity index (χ4v) is 3.25. The van der Waals surface area contributed by atoms with E-state index in [-0.39, 0.29) is 0 Å². The van der Waals surface area contributed by atoms with Gasteiger partial charge in [0, 0.05) is 37.6 Å². The van der Waals surface area contributed by atoms with E-state index in [9.17, 15) is 0 Å². The second-order valence-electron chi connectivity index (χ2n) is 6.13. The molecule has 0 bridgehead atoms. The number of nitrogens with zero attached hydrogens (tertiary/aromatic N) is 3. The Morgan fingerprint density at radius 3 is 2.09 bits per heavy atom. The Bertz CT molecular complexity index is 516. The van der Waals surface area contributed by atoms with Crippen LogP contribution in [-0.2, 0) is 13.1 Å². The maximum Gasteiger partial charge on any atom is 0.0544 e. The fraction of sp³-hybridized carbons (Fsp3) is 0.444. The minimum Gasteiger partial charge on any atom is -0.328 e. The van der Waals surface area contributed by atoms with Crippen LogP contribution in [0.4, 0.5) is 0 Å². The van der Waals surface area contributed by atoms with Crippen molar-refractivity contribution in [1.29, 1.82) is 0 Å². The first-order valence-corrected chi connectivity index (χ1v) is 8.11. The van der Waals surface area contributed by atoms with Crippen LogP contribution >= 0.6 is 0 Å². The molecular weight excluding hydrogens is 272 g/mol. The van der Waals surface area contributed by atoms with E-state index in [4.69, 9.17) is 5.73 Å². The first kappa shape index (κ1) is 15.1. The standard InChI is InChI=1S/C18H24N4/c19-15-6-5-9-18(12-15)22(13-16-7-1-3-10-20-16)14-17-8-2-4-11-21-17/h1-4,7-8,10-11,15,18H,5-6,9,12-14,19H2. The highest BCUT2D eigenvalue weighted by molar-refractivity contribution is 5.07. The van der Waals surface area contributed by atoms with Gasteiger partial charge < -0.3 is 5.73 Å². The summed E-state index contributed by atoms with van der Waals surface area (Å²) < 4.78 is 0. The summed E-state index contributed by atoms with van der Waals surface area (Å²) in [6.45, 7) is 1.71. The summed E-state index contributed by atoms with van der Waals surface area (Å²) in [4.78, 5) is 11.5. The monoisotopic (exact) mass is 296 g/mol. The van der Waals surface area contributed by atoms with Gasteiger partial charge in [0.2, 0.25) is 0 Å². The molecule has 2 atom stereocenters. The van der Waals surface area contributed by atoms with Crippen LogP contribution in [0.2, 0.25) is 0 Å². The fourth-order valence-electron chi connectivity index (χ4n) is 3.25. The number of rotatable bonds is 5. The molecule has 2 unspecified atom stereocenters. The van der Waals surface area contributed by atoms with Gasteiger partial charge in [0.15, 0.2) is 0 Å². The second-order valence-corrected chi connectivity index (χ2v) is 6.13. The Kier molecular flexibility index (Phi) is 5.14. The zero-order chi connectivity index (χ0) is 15.2. The van der Waals surface area contributed by atoms with Crippen LogP contribution in [-0.4, -0.2) is 27.0 Å². The number of aromatic nitrogens is 2. The van der Waals surface area contributed by atoms with Gasteiger partial charge in [0.05, 0.1) is 11.4 Å². The molecule has 1 fully saturated rings. The Morgan fingerprint density at radius 1 is 0.955 bits per heavy atom. The molecule has 2 aromatic heterocycles. The third-order valence-electron chi connectivity index (χ3n) is 4.39. The van der Waals surface area contributed by atoms with Crippen molar-refractivity contribution in [2.24, 2.45) is 5.73 Å². The second kappa shape index (κ2) is 7.47. The zero-order valence-electron chi connectivity index (χ0n) is 12.9. The van der Waals surface area contributed by atoms with E-state index in [0.29, 0.717) is 12.1 Å². The maximum atomic E-state index is 6.19. The van der Waals surface area contributed by atoms with Crippen molar-refractivity contribution >= 4 is 0 Å². The van der Waals surface area contributed by atoms with Gasteiger partial charge in [-0.3, -0.25) is 14.9 Å². The third-order valence-corrected chi connectivity index (χ3v) is 4.39. The molecule has 4 heteroatoms. The average molecular weight is 296 g/mol. The van der Waals surface area contributed by atoms with Crippen LogP contribution in [0.3, 0.4) is 0 Å². The molecule has 1 aliphatic carbocycles. The molecule has 2 heterocycles. The minimum absolute atomic E-state index is 0.328. The zero-order valence-corrected chi connectivity index (χ0v) is 12.9. The highest BCUT2D eigenvalue weighted by Gasteiger charge is 2.25. The van der Waals surface area contributed by atoms with Gasteiger partial charge in [-0.05, 0) is 43.5 Å². The molecule has 0 radical (unpaired) electrons. The van der Waals surface area contributed by atoms with E-state index in [1.807, 2.05) is 36.7 Å². The van der Waals surface area contributed by atoms with Crippen molar-refractivity contribution in [1.82, 2.24) is 14.9 Å². The van der Waals surface area contributed by atoms with Gasteiger partial charge in [-0.1, -0.05) is 18.6 Å². The van der Waals surface area contributed by atoms with Gasteiger partial charge in [0.1, 0.15) is 0 Å². The minimum atomic E-state index is 0.328. The third kappa shape index (κ3) is 4.12. The van der Waals surface area contributed by atoms with E-state index >= 15 is 0 Å². The molecule has 3 rings (SSSR count). The molecule has 0 saturated heterocycles. The molecule has 2 N–H and O–H groups in total. The van der Waals surface area contributed by atoms with E-state index < -0.39 is 0 Å². The average Bonchev–Trinajstić information content (AvgIpc) is 2.56. The quantitative estimate of drug-likeness (QED) is 0.922. The maximum absolute atomic E-state index is 6.19. The van der Waals surface area contributed by atoms with Crippen LogP contribution < -0.4 is 5.73 Å². The highest BCUT2D eigenvalue weighted by Crippen LogP contribution is 2.24. The summed E-state index contributed by atoms with van der Waals surface area (Å²) in [6, 6.07) is 13.1. The summed E-state index contributed by atoms with van der Waals surface area (Å²) in [7, 11) is 0. The molecule has 0 amide bonds. The largest absolute Gasteiger partial charge is 0.328 e. The van der Waals surface area contributed by atoms with Crippen LogP contribution in [0.15, 0.2) is 48.8 Å².